The third-order valence-corrected chi connectivity index (χ3v) is 17.8. The summed E-state index contributed by atoms with van der Waals surface area (Å²) in [6.45, 7) is 0. The second-order valence-electron chi connectivity index (χ2n) is 16.5. The molecule has 0 radical (unpaired) electrons. The average molecular weight is 819 g/mol. The number of rotatable bonds is 8. The number of nitrogens with zero attached hydrogens (tertiary/aromatic N) is 2. The van der Waals surface area contributed by atoms with Gasteiger partial charge in [-0.15, -0.1) is 0 Å². The van der Waals surface area contributed by atoms with Crippen molar-refractivity contribution >= 4 is 72.4 Å². The lowest BCUT2D eigenvalue weighted by Crippen LogP contribution is -2.74. The highest BCUT2D eigenvalue weighted by atomic mass is 28.3. The largest absolute Gasteiger partial charge is 0.309 e. The van der Waals surface area contributed by atoms with Gasteiger partial charge >= 0.3 is 0 Å². The molecule has 0 amide bonds. The molecule has 2 aromatic heterocycles. The molecule has 0 bridgehead atoms. The van der Waals surface area contributed by atoms with Gasteiger partial charge in [-0.25, -0.2) is 0 Å². The van der Waals surface area contributed by atoms with Crippen LogP contribution in [0.25, 0.3) is 77.2 Å². The van der Waals surface area contributed by atoms with E-state index in [4.69, 9.17) is 0 Å². The van der Waals surface area contributed by atoms with E-state index in [-0.39, 0.29) is 0 Å². The molecule has 12 aromatic rings. The van der Waals surface area contributed by atoms with Gasteiger partial charge in [0, 0.05) is 32.8 Å². The van der Waals surface area contributed by atoms with Gasteiger partial charge in [-0.2, -0.15) is 0 Å². The fourth-order valence-electron chi connectivity index (χ4n) is 10.3. The summed E-state index contributed by atoms with van der Waals surface area (Å²) in [5.41, 5.74) is 11.8. The maximum Gasteiger partial charge on any atom is 0.179 e. The van der Waals surface area contributed by atoms with Crippen LogP contribution in [0.15, 0.2) is 255 Å². The maximum atomic E-state index is 2.53. The molecule has 0 N–H and O–H groups in total. The van der Waals surface area contributed by atoms with Crippen molar-refractivity contribution < 1.29 is 0 Å². The molecule has 0 aliphatic rings. The first-order chi connectivity index (χ1) is 31.3. The second kappa shape index (κ2) is 15.2. The van der Waals surface area contributed by atoms with E-state index >= 15 is 0 Å². The molecule has 0 saturated heterocycles. The summed E-state index contributed by atoms with van der Waals surface area (Å²) < 4.78 is 4.97. The molecule has 0 saturated carbocycles. The van der Waals surface area contributed by atoms with Gasteiger partial charge in [0.1, 0.15) is 0 Å². The predicted octanol–water partition coefficient (Wildman–Crippen LogP) is 12.6. The number of para-hydroxylation sites is 2. The monoisotopic (exact) mass is 818 g/mol. The van der Waals surface area contributed by atoms with Crippen molar-refractivity contribution in [2.45, 2.75) is 0 Å². The molecular formula is C60H42N2Si. The molecule has 0 spiro atoms. The zero-order valence-corrected chi connectivity index (χ0v) is 35.6. The van der Waals surface area contributed by atoms with Crippen molar-refractivity contribution in [2.75, 3.05) is 0 Å². The molecule has 10 aromatic carbocycles. The molecule has 63 heavy (non-hydrogen) atoms. The number of hydrogen-bond donors (Lipinski definition) is 0. The molecule has 3 heteroatoms. The van der Waals surface area contributed by atoms with Crippen LogP contribution in [-0.4, -0.2) is 17.2 Å². The van der Waals surface area contributed by atoms with Crippen molar-refractivity contribution in [1.29, 1.82) is 0 Å². The van der Waals surface area contributed by atoms with Gasteiger partial charge in [-0.1, -0.05) is 212 Å². The summed E-state index contributed by atoms with van der Waals surface area (Å²) in [6, 6.07) is 94.3. The van der Waals surface area contributed by atoms with Gasteiger partial charge < -0.3 is 9.13 Å². The van der Waals surface area contributed by atoms with Gasteiger partial charge in [0.15, 0.2) is 8.07 Å². The summed E-state index contributed by atoms with van der Waals surface area (Å²) in [5, 5.41) is 10.4. The third kappa shape index (κ3) is 5.93. The standard InChI is InChI=1S/C60H42N2Si/c1-6-20-43(21-7-1)44-34-36-46(37-35-44)61-56-32-18-16-31-52(56)55-41-53(45-22-8-2-9-23-45)59(42-60(55)61)62-57-33-19-17-30-51(57)54-40-50(38-39-58(54)62)63(47-24-10-3-11-25-47,48-26-12-4-13-27-48)49-28-14-5-15-29-49/h1-42H. The van der Waals surface area contributed by atoms with Crippen molar-refractivity contribution in [2.24, 2.45) is 0 Å². The smallest absolute Gasteiger partial charge is 0.179 e. The topological polar surface area (TPSA) is 9.86 Å². The Labute approximate surface area is 368 Å². The number of fused-ring (bicyclic) bond motifs is 6. The average Bonchev–Trinajstić information content (AvgIpc) is 3.87. The van der Waals surface area contributed by atoms with Crippen molar-refractivity contribution in [3.8, 4) is 33.6 Å². The van der Waals surface area contributed by atoms with Crippen LogP contribution >= 0.6 is 0 Å². The lowest BCUT2D eigenvalue weighted by atomic mass is 10.00. The quantitative estimate of drug-likeness (QED) is 0.107. The Morgan fingerprint density at radius 3 is 1.24 bits per heavy atom. The molecule has 0 aliphatic carbocycles. The normalized spacial score (nSPS) is 11.8. The molecule has 0 unspecified atom stereocenters. The third-order valence-electron chi connectivity index (χ3n) is 13.1. The molecular weight excluding hydrogens is 777 g/mol. The van der Waals surface area contributed by atoms with Gasteiger partial charge in [0.05, 0.1) is 27.8 Å². The van der Waals surface area contributed by atoms with E-state index in [1.807, 2.05) is 0 Å². The SMILES string of the molecule is c1ccc(-c2ccc(-n3c4ccccc4c4cc(-c5ccccc5)c(-n5c6ccccc6c6cc([Si](c7ccccc7)(c7ccccc7)c7ccccc7)ccc65)cc43)cc2)cc1. The highest BCUT2D eigenvalue weighted by molar-refractivity contribution is 7.20. The second-order valence-corrected chi connectivity index (χ2v) is 20.3. The van der Waals surface area contributed by atoms with E-state index in [1.54, 1.807) is 0 Å². The van der Waals surface area contributed by atoms with Crippen LogP contribution in [-0.2, 0) is 0 Å². The summed E-state index contributed by atoms with van der Waals surface area (Å²) >= 11 is 0. The van der Waals surface area contributed by atoms with Crippen molar-refractivity contribution in [3.63, 3.8) is 0 Å². The Morgan fingerprint density at radius 2 is 0.683 bits per heavy atom. The zero-order valence-electron chi connectivity index (χ0n) is 34.6. The van der Waals surface area contributed by atoms with E-state index < -0.39 is 8.07 Å². The summed E-state index contributed by atoms with van der Waals surface area (Å²) in [7, 11) is -2.78. The lowest BCUT2D eigenvalue weighted by molar-refractivity contribution is 1.16. The highest BCUT2D eigenvalue weighted by Gasteiger charge is 2.41. The van der Waals surface area contributed by atoms with Gasteiger partial charge in [-0.3, -0.25) is 0 Å². The fraction of sp³-hybridized carbons (Fsp3) is 0. The van der Waals surface area contributed by atoms with Crippen LogP contribution in [0.4, 0.5) is 0 Å². The van der Waals surface area contributed by atoms with Gasteiger partial charge in [0.25, 0.3) is 0 Å². The van der Waals surface area contributed by atoms with Crippen LogP contribution < -0.4 is 20.7 Å². The van der Waals surface area contributed by atoms with E-state index in [9.17, 15) is 0 Å². The van der Waals surface area contributed by atoms with Gasteiger partial charge in [-0.05, 0) is 79.9 Å². The summed E-state index contributed by atoms with van der Waals surface area (Å²) in [5.74, 6) is 0. The lowest BCUT2D eigenvalue weighted by Gasteiger charge is -2.34. The number of benzene rings is 10. The Bertz CT molecular complexity index is 3480. The van der Waals surface area contributed by atoms with Crippen LogP contribution in [0.2, 0.25) is 0 Å². The van der Waals surface area contributed by atoms with E-state index in [1.165, 1.54) is 86.6 Å². The molecule has 0 fully saturated rings. The minimum Gasteiger partial charge on any atom is -0.309 e. The summed E-state index contributed by atoms with van der Waals surface area (Å²) in [6.07, 6.45) is 0. The Balaban J connectivity index is 1.15. The molecule has 2 nitrogen and oxygen atoms in total. The van der Waals surface area contributed by atoms with Gasteiger partial charge in [0.2, 0.25) is 0 Å². The first kappa shape index (κ1) is 36.8. The molecule has 2 heterocycles. The molecule has 0 aliphatic heterocycles. The van der Waals surface area contributed by atoms with E-state index in [0.29, 0.717) is 0 Å². The Kier molecular flexibility index (Phi) is 8.87. The minimum absolute atomic E-state index is 1.13. The first-order valence-corrected chi connectivity index (χ1v) is 23.8. The Hall–Kier alpha value is -7.98. The number of aromatic nitrogens is 2. The Morgan fingerprint density at radius 1 is 0.254 bits per heavy atom. The van der Waals surface area contributed by atoms with E-state index in [2.05, 4.69) is 264 Å². The highest BCUT2D eigenvalue weighted by Crippen LogP contribution is 2.42. The van der Waals surface area contributed by atoms with Crippen LogP contribution in [0.3, 0.4) is 0 Å². The van der Waals surface area contributed by atoms with Crippen LogP contribution in [0.1, 0.15) is 0 Å². The van der Waals surface area contributed by atoms with Crippen LogP contribution in [0, 0.1) is 0 Å². The zero-order chi connectivity index (χ0) is 41.7. The fourth-order valence-corrected chi connectivity index (χ4v) is 15.1. The molecule has 296 valence electrons. The first-order valence-electron chi connectivity index (χ1n) is 21.8. The van der Waals surface area contributed by atoms with Crippen LogP contribution in [0.5, 0.6) is 0 Å². The summed E-state index contributed by atoms with van der Waals surface area (Å²) in [4.78, 5) is 0. The van der Waals surface area contributed by atoms with E-state index in [0.717, 1.165) is 11.4 Å². The molecule has 0 atom stereocenters. The predicted molar refractivity (Wildman–Crippen MR) is 270 cm³/mol. The van der Waals surface area contributed by atoms with Crippen molar-refractivity contribution in [1.82, 2.24) is 9.13 Å². The minimum atomic E-state index is -2.78. The van der Waals surface area contributed by atoms with Crippen molar-refractivity contribution in [3.05, 3.63) is 255 Å². The maximum absolute atomic E-state index is 2.78. The number of hydrogen-bond acceptors (Lipinski definition) is 0. The molecule has 12 rings (SSSR count).